The zero-order valence-corrected chi connectivity index (χ0v) is 13.6. The van der Waals surface area contributed by atoms with Gasteiger partial charge in [0.1, 0.15) is 5.75 Å². The minimum Gasteiger partial charge on any atom is -0.483 e. The second-order valence-corrected chi connectivity index (χ2v) is 6.22. The maximum absolute atomic E-state index is 11.7. The fraction of sp³-hybridized carbons (Fsp3) is 0.200. The number of benzene rings is 1. The van der Waals surface area contributed by atoms with Crippen molar-refractivity contribution in [1.82, 2.24) is 5.32 Å². The van der Waals surface area contributed by atoms with E-state index in [9.17, 15) is 9.59 Å². The Bertz CT molecular complexity index is 613. The fourth-order valence-electron chi connectivity index (χ4n) is 1.72. The predicted molar refractivity (Wildman–Crippen MR) is 86.1 cm³/mol. The number of thiophene rings is 1. The average molecular weight is 368 g/mol. The Morgan fingerprint density at radius 3 is 2.95 bits per heavy atom. The third-order valence-corrected chi connectivity index (χ3v) is 4.16. The average Bonchev–Trinajstić information content (AvgIpc) is 2.99. The number of amides is 1. The monoisotopic (exact) mass is 367 g/mol. The van der Waals surface area contributed by atoms with Crippen LogP contribution in [0.4, 0.5) is 0 Å². The number of hydrogen-bond donors (Lipinski definition) is 1. The number of nitrogens with one attached hydrogen (secondary N) is 1. The Kier molecular flexibility index (Phi) is 5.95. The summed E-state index contributed by atoms with van der Waals surface area (Å²) < 4.78 is 6.16. The maximum Gasteiger partial charge on any atom is 0.257 e. The largest absolute Gasteiger partial charge is 0.483 e. The molecule has 0 saturated carbocycles. The van der Waals surface area contributed by atoms with Gasteiger partial charge in [0, 0.05) is 15.9 Å². The summed E-state index contributed by atoms with van der Waals surface area (Å²) >= 11 is 4.94. The van der Waals surface area contributed by atoms with E-state index in [0.717, 1.165) is 10.9 Å². The van der Waals surface area contributed by atoms with Crippen molar-refractivity contribution in [3.05, 3.63) is 50.6 Å². The van der Waals surface area contributed by atoms with E-state index >= 15 is 0 Å². The second-order valence-electron chi connectivity index (χ2n) is 4.27. The van der Waals surface area contributed by atoms with Crippen molar-refractivity contribution < 1.29 is 14.3 Å². The second kappa shape index (κ2) is 7.95. The van der Waals surface area contributed by atoms with E-state index in [1.165, 1.54) is 4.88 Å². The van der Waals surface area contributed by atoms with Gasteiger partial charge in [0.25, 0.3) is 5.91 Å². The van der Waals surface area contributed by atoms with Gasteiger partial charge < -0.3 is 10.1 Å². The number of rotatable bonds is 7. The molecule has 1 aromatic heterocycles. The van der Waals surface area contributed by atoms with Crippen molar-refractivity contribution in [3.8, 4) is 5.75 Å². The molecular formula is C15H14BrNO3S. The number of carbonyl (C=O) groups is 2. The van der Waals surface area contributed by atoms with Crippen LogP contribution >= 0.6 is 27.3 Å². The summed E-state index contributed by atoms with van der Waals surface area (Å²) in [5.74, 6) is 0.202. The Hall–Kier alpha value is -1.66. The van der Waals surface area contributed by atoms with Gasteiger partial charge in [-0.05, 0) is 36.1 Å². The maximum atomic E-state index is 11.7. The lowest BCUT2D eigenvalue weighted by Crippen LogP contribution is -2.30. The number of halogens is 1. The third kappa shape index (κ3) is 4.99. The van der Waals surface area contributed by atoms with Gasteiger partial charge >= 0.3 is 0 Å². The molecular weight excluding hydrogens is 354 g/mol. The molecule has 2 aromatic rings. The molecule has 1 N–H and O–H groups in total. The normalized spacial score (nSPS) is 10.1. The number of hydrogen-bond acceptors (Lipinski definition) is 4. The first-order valence-corrected chi connectivity index (χ1v) is 8.03. The lowest BCUT2D eigenvalue weighted by atomic mass is 10.2. The Morgan fingerprint density at radius 2 is 2.24 bits per heavy atom. The van der Waals surface area contributed by atoms with Crippen molar-refractivity contribution in [3.63, 3.8) is 0 Å². The first kappa shape index (κ1) is 15.7. The molecule has 0 bridgehead atoms. The smallest absolute Gasteiger partial charge is 0.257 e. The van der Waals surface area contributed by atoms with Crippen LogP contribution in [0.1, 0.15) is 15.2 Å². The van der Waals surface area contributed by atoms with Crippen molar-refractivity contribution in [2.45, 2.75) is 6.42 Å². The highest BCUT2D eigenvalue weighted by Gasteiger charge is 2.07. The van der Waals surface area contributed by atoms with E-state index in [1.807, 2.05) is 17.5 Å². The van der Waals surface area contributed by atoms with Crippen molar-refractivity contribution >= 4 is 39.5 Å². The molecule has 0 aliphatic carbocycles. The summed E-state index contributed by atoms with van der Waals surface area (Å²) in [6.07, 6.45) is 1.51. The molecule has 110 valence electrons. The molecule has 4 nitrogen and oxygen atoms in total. The quantitative estimate of drug-likeness (QED) is 0.765. The number of carbonyl (C=O) groups excluding carboxylic acids is 2. The van der Waals surface area contributed by atoms with Crippen LogP contribution in [0, 0.1) is 0 Å². The topological polar surface area (TPSA) is 55.4 Å². The van der Waals surface area contributed by atoms with Gasteiger partial charge in [-0.15, -0.1) is 11.3 Å². The third-order valence-electron chi connectivity index (χ3n) is 2.73. The lowest BCUT2D eigenvalue weighted by molar-refractivity contribution is -0.123. The standard InChI is InChI=1S/C15H14BrNO3S/c16-12-3-4-14(11(8-12)9-18)20-10-15(19)17-6-5-13-2-1-7-21-13/h1-4,7-9H,5-6,10H2,(H,17,19). The van der Waals surface area contributed by atoms with Gasteiger partial charge in [0.15, 0.2) is 12.9 Å². The van der Waals surface area contributed by atoms with Gasteiger partial charge in [0.2, 0.25) is 0 Å². The van der Waals surface area contributed by atoms with E-state index < -0.39 is 0 Å². The van der Waals surface area contributed by atoms with Crippen molar-refractivity contribution in [1.29, 1.82) is 0 Å². The van der Waals surface area contributed by atoms with Crippen LogP contribution in [0.15, 0.2) is 40.2 Å². The summed E-state index contributed by atoms with van der Waals surface area (Å²) in [6, 6.07) is 9.09. The molecule has 0 radical (unpaired) electrons. The highest BCUT2D eigenvalue weighted by atomic mass is 79.9. The zero-order chi connectivity index (χ0) is 15.1. The highest BCUT2D eigenvalue weighted by Crippen LogP contribution is 2.21. The molecule has 1 aromatic carbocycles. The predicted octanol–water partition coefficient (Wildman–Crippen LogP) is 3.06. The van der Waals surface area contributed by atoms with E-state index in [0.29, 0.717) is 24.1 Å². The van der Waals surface area contributed by atoms with E-state index in [1.54, 1.807) is 29.5 Å². The van der Waals surface area contributed by atoms with Gasteiger partial charge in [-0.2, -0.15) is 0 Å². The van der Waals surface area contributed by atoms with E-state index in [-0.39, 0.29) is 12.5 Å². The van der Waals surface area contributed by atoms with Crippen molar-refractivity contribution in [2.24, 2.45) is 0 Å². The molecule has 1 amide bonds. The molecule has 0 aliphatic rings. The first-order chi connectivity index (χ1) is 10.2. The van der Waals surface area contributed by atoms with Crippen LogP contribution in [-0.2, 0) is 11.2 Å². The van der Waals surface area contributed by atoms with Crippen molar-refractivity contribution in [2.75, 3.05) is 13.2 Å². The van der Waals surface area contributed by atoms with Crippen LogP contribution < -0.4 is 10.1 Å². The Balaban J connectivity index is 1.77. The molecule has 0 aliphatic heterocycles. The molecule has 2 rings (SSSR count). The molecule has 1 heterocycles. The number of aldehydes is 1. The summed E-state index contributed by atoms with van der Waals surface area (Å²) in [7, 11) is 0. The van der Waals surface area contributed by atoms with Gasteiger partial charge in [0.05, 0.1) is 5.56 Å². The van der Waals surface area contributed by atoms with Gasteiger partial charge in [-0.1, -0.05) is 22.0 Å². The van der Waals surface area contributed by atoms with Crippen LogP contribution in [0.2, 0.25) is 0 Å². The molecule has 0 fully saturated rings. The molecule has 0 atom stereocenters. The summed E-state index contributed by atoms with van der Waals surface area (Å²) in [5.41, 5.74) is 0.413. The van der Waals surface area contributed by atoms with Gasteiger partial charge in [-0.25, -0.2) is 0 Å². The van der Waals surface area contributed by atoms with Crippen LogP contribution in [0.3, 0.4) is 0 Å². The SMILES string of the molecule is O=Cc1cc(Br)ccc1OCC(=O)NCCc1cccs1. The van der Waals surface area contributed by atoms with E-state index in [2.05, 4.69) is 21.2 Å². The van der Waals surface area contributed by atoms with Crippen LogP contribution in [0.25, 0.3) is 0 Å². The minimum absolute atomic E-state index is 0.104. The summed E-state index contributed by atoms with van der Waals surface area (Å²) in [6.45, 7) is 0.469. The lowest BCUT2D eigenvalue weighted by Gasteiger charge is -2.09. The molecule has 6 heteroatoms. The fourth-order valence-corrected chi connectivity index (χ4v) is 2.80. The molecule has 0 saturated heterocycles. The zero-order valence-electron chi connectivity index (χ0n) is 11.2. The Morgan fingerprint density at radius 1 is 1.38 bits per heavy atom. The highest BCUT2D eigenvalue weighted by molar-refractivity contribution is 9.10. The van der Waals surface area contributed by atoms with E-state index in [4.69, 9.17) is 4.74 Å². The minimum atomic E-state index is -0.202. The molecule has 21 heavy (non-hydrogen) atoms. The Labute approximate surface area is 135 Å². The van der Waals surface area contributed by atoms with Crippen LogP contribution in [0.5, 0.6) is 5.75 Å². The molecule has 0 spiro atoms. The van der Waals surface area contributed by atoms with Crippen LogP contribution in [-0.4, -0.2) is 25.3 Å². The van der Waals surface area contributed by atoms with Gasteiger partial charge in [-0.3, -0.25) is 9.59 Å². The number of ether oxygens (including phenoxy) is 1. The molecule has 0 unspecified atom stereocenters. The summed E-state index contributed by atoms with van der Waals surface area (Å²) in [4.78, 5) is 23.8. The summed E-state index contributed by atoms with van der Waals surface area (Å²) in [5, 5.41) is 4.79. The first-order valence-electron chi connectivity index (χ1n) is 6.35.